The highest BCUT2D eigenvalue weighted by molar-refractivity contribution is 6.80. The molecule has 6 heteroatoms. The van der Waals surface area contributed by atoms with E-state index in [1.54, 1.807) is 0 Å². The zero-order valence-electron chi connectivity index (χ0n) is 30.7. The molecule has 261 valence electrons. The first-order chi connectivity index (χ1) is 24.2. The molecule has 1 radical (unpaired) electrons. The van der Waals surface area contributed by atoms with Crippen molar-refractivity contribution in [3.8, 4) is 11.1 Å². The number of rotatable bonds is 13. The number of aryl methyl sites for hydroxylation is 1. The Labute approximate surface area is 301 Å². The van der Waals surface area contributed by atoms with E-state index in [4.69, 9.17) is 8.95 Å². The lowest BCUT2D eigenvalue weighted by atomic mass is 9.78. The summed E-state index contributed by atoms with van der Waals surface area (Å²) in [4.78, 5) is 4.97. The Morgan fingerprint density at radius 3 is 2.02 bits per heavy atom. The van der Waals surface area contributed by atoms with E-state index < -0.39 is 9.04 Å². The van der Waals surface area contributed by atoms with Gasteiger partial charge in [0.1, 0.15) is 0 Å². The number of hydrogen-bond acceptors (Lipinski definition) is 5. The number of likely N-dealkylation sites (tertiary alicyclic amines) is 1. The van der Waals surface area contributed by atoms with Gasteiger partial charge in [0.2, 0.25) is 0 Å². The summed E-state index contributed by atoms with van der Waals surface area (Å²) in [5.74, 6) is 0.721. The summed E-state index contributed by atoms with van der Waals surface area (Å²) in [5, 5.41) is 8.49. The van der Waals surface area contributed by atoms with Crippen LogP contribution >= 0.6 is 0 Å². The summed E-state index contributed by atoms with van der Waals surface area (Å²) in [5.41, 5.74) is 6.01. The SMILES string of the molecule is CN(C)Cc1c(-c2ccccc2)ccc2c(CCC3CCN(CC4(C(O[Si](c5ccccc5)c5ccccc5)C(C)(C)C)CC4)CC3)noc12. The first-order valence-corrected chi connectivity index (χ1v) is 20.1. The highest BCUT2D eigenvalue weighted by Gasteiger charge is 2.55. The van der Waals surface area contributed by atoms with Crippen molar-refractivity contribution >= 4 is 30.4 Å². The average Bonchev–Trinajstić information content (AvgIpc) is 3.77. The van der Waals surface area contributed by atoms with E-state index in [1.165, 1.54) is 71.2 Å². The minimum Gasteiger partial charge on any atom is -0.403 e. The van der Waals surface area contributed by atoms with Gasteiger partial charge < -0.3 is 18.7 Å². The molecule has 0 bridgehead atoms. The number of fused-ring (bicyclic) bond motifs is 1. The van der Waals surface area contributed by atoms with Gasteiger partial charge >= 0.3 is 0 Å². The summed E-state index contributed by atoms with van der Waals surface area (Å²) in [6, 6.07) is 37.0. The van der Waals surface area contributed by atoms with Crippen molar-refractivity contribution in [1.29, 1.82) is 0 Å². The maximum absolute atomic E-state index is 7.41. The molecule has 7 rings (SSSR count). The number of nitrogens with zero attached hydrogens (tertiary/aromatic N) is 3. The van der Waals surface area contributed by atoms with Crippen LogP contribution in [0.5, 0.6) is 0 Å². The molecule has 1 aromatic heterocycles. The van der Waals surface area contributed by atoms with Crippen LogP contribution in [-0.2, 0) is 17.4 Å². The van der Waals surface area contributed by atoms with Crippen LogP contribution in [0.2, 0.25) is 0 Å². The first kappa shape index (κ1) is 34.9. The number of aromatic nitrogens is 1. The van der Waals surface area contributed by atoms with Gasteiger partial charge in [-0.15, -0.1) is 0 Å². The number of hydrogen-bond donors (Lipinski definition) is 0. The van der Waals surface area contributed by atoms with E-state index in [0.29, 0.717) is 0 Å². The molecule has 2 aliphatic rings. The Balaban J connectivity index is 0.997. The fraction of sp³-hybridized carbons (Fsp3) is 0.432. The molecular weight excluding hydrogens is 631 g/mol. The molecule has 1 aliphatic heterocycles. The zero-order chi connectivity index (χ0) is 34.7. The van der Waals surface area contributed by atoms with E-state index in [9.17, 15) is 0 Å². The summed E-state index contributed by atoms with van der Waals surface area (Å²) >= 11 is 0. The third kappa shape index (κ3) is 7.84. The largest absolute Gasteiger partial charge is 0.403 e. The minimum atomic E-state index is -1.38. The molecule has 2 heterocycles. The Bertz CT molecular complexity index is 1780. The maximum Gasteiger partial charge on any atom is 0.283 e. The Kier molecular flexibility index (Phi) is 10.4. The van der Waals surface area contributed by atoms with Crippen LogP contribution in [0.25, 0.3) is 22.1 Å². The zero-order valence-corrected chi connectivity index (χ0v) is 31.7. The predicted molar refractivity (Wildman–Crippen MR) is 208 cm³/mol. The van der Waals surface area contributed by atoms with Crippen LogP contribution in [0.1, 0.15) is 64.1 Å². The summed E-state index contributed by atoms with van der Waals surface area (Å²) < 4.78 is 13.5. The van der Waals surface area contributed by atoms with Crippen molar-refractivity contribution in [2.45, 2.75) is 71.9 Å². The monoisotopic (exact) mass is 684 g/mol. The lowest BCUT2D eigenvalue weighted by Crippen LogP contribution is -2.54. The van der Waals surface area contributed by atoms with Gasteiger partial charge in [-0.2, -0.15) is 0 Å². The molecule has 0 N–H and O–H groups in total. The van der Waals surface area contributed by atoms with Gasteiger partial charge in [-0.3, -0.25) is 0 Å². The van der Waals surface area contributed by atoms with Gasteiger partial charge in [0.25, 0.3) is 9.04 Å². The van der Waals surface area contributed by atoms with Crippen molar-refractivity contribution in [2.24, 2.45) is 16.7 Å². The lowest BCUT2D eigenvalue weighted by molar-refractivity contribution is 0.000123. The van der Waals surface area contributed by atoms with Crippen molar-refractivity contribution in [3.63, 3.8) is 0 Å². The molecule has 5 aromatic rings. The molecule has 4 aromatic carbocycles. The van der Waals surface area contributed by atoms with Gasteiger partial charge in [0.05, 0.1) is 11.8 Å². The van der Waals surface area contributed by atoms with E-state index in [0.717, 1.165) is 43.1 Å². The average molecular weight is 685 g/mol. The van der Waals surface area contributed by atoms with Gasteiger partial charge in [0.15, 0.2) is 5.58 Å². The van der Waals surface area contributed by atoms with Crippen LogP contribution < -0.4 is 10.4 Å². The van der Waals surface area contributed by atoms with Crippen molar-refractivity contribution in [2.75, 3.05) is 33.7 Å². The Morgan fingerprint density at radius 2 is 1.46 bits per heavy atom. The molecule has 50 heavy (non-hydrogen) atoms. The molecule has 1 atom stereocenters. The van der Waals surface area contributed by atoms with Crippen molar-refractivity contribution < 1.29 is 8.95 Å². The smallest absolute Gasteiger partial charge is 0.283 e. The normalized spacial score (nSPS) is 17.5. The van der Waals surface area contributed by atoms with E-state index in [1.807, 2.05) is 0 Å². The van der Waals surface area contributed by atoms with Crippen LogP contribution in [0.4, 0.5) is 0 Å². The van der Waals surface area contributed by atoms with E-state index in [2.05, 4.69) is 153 Å². The van der Waals surface area contributed by atoms with Crippen LogP contribution in [0.15, 0.2) is 108 Å². The van der Waals surface area contributed by atoms with Crippen molar-refractivity contribution in [3.05, 3.63) is 114 Å². The molecule has 5 nitrogen and oxygen atoms in total. The van der Waals surface area contributed by atoms with Gasteiger partial charge in [0, 0.05) is 29.5 Å². The first-order valence-electron chi connectivity index (χ1n) is 18.7. The number of piperidine rings is 1. The highest BCUT2D eigenvalue weighted by atomic mass is 28.3. The fourth-order valence-electron chi connectivity index (χ4n) is 8.35. The van der Waals surface area contributed by atoms with Crippen molar-refractivity contribution in [1.82, 2.24) is 15.0 Å². The van der Waals surface area contributed by atoms with Gasteiger partial charge in [-0.1, -0.05) is 123 Å². The Hall–Kier alpha value is -3.55. The standard InChI is InChI=1S/C44H54N3O2Si/c1-43(2,3)42(49-50(35-17-11-7-12-18-35)36-19-13-8-14-20-36)44(27-28-44)32-47-29-25-33(26-30-47)21-24-40-38-23-22-37(34-15-9-6-10-16-34)39(31-46(4)5)41(38)48-45-40/h6-20,22-23,33,42H,21,24-32H2,1-5H3. The predicted octanol–water partition coefficient (Wildman–Crippen LogP) is 8.22. The van der Waals surface area contributed by atoms with Gasteiger partial charge in [-0.05, 0) is 105 Å². The molecule has 0 amide bonds. The van der Waals surface area contributed by atoms with Crippen LogP contribution in [0.3, 0.4) is 0 Å². The molecule has 2 fully saturated rings. The second-order valence-electron chi connectivity index (χ2n) is 16.2. The second-order valence-corrected chi connectivity index (χ2v) is 18.3. The molecule has 1 unspecified atom stereocenters. The van der Waals surface area contributed by atoms with Crippen LogP contribution in [-0.4, -0.2) is 63.8 Å². The highest BCUT2D eigenvalue weighted by Crippen LogP contribution is 2.55. The topological polar surface area (TPSA) is 41.7 Å². The third-order valence-corrected chi connectivity index (χ3v) is 13.1. The third-order valence-electron chi connectivity index (χ3n) is 11.0. The number of benzene rings is 4. The Morgan fingerprint density at radius 1 is 0.860 bits per heavy atom. The maximum atomic E-state index is 7.41. The molecule has 1 saturated heterocycles. The summed E-state index contributed by atoms with van der Waals surface area (Å²) in [7, 11) is 2.86. The molecule has 1 saturated carbocycles. The summed E-state index contributed by atoms with van der Waals surface area (Å²) in [6.45, 7) is 11.5. The second kappa shape index (κ2) is 15.0. The fourth-order valence-corrected chi connectivity index (χ4v) is 10.8. The molecule has 1 aliphatic carbocycles. The quantitative estimate of drug-likeness (QED) is 0.117. The lowest BCUT2D eigenvalue weighted by Gasteiger charge is -2.43. The van der Waals surface area contributed by atoms with Gasteiger partial charge in [-0.25, -0.2) is 0 Å². The molecular formula is C44H54N3O2Si. The summed E-state index contributed by atoms with van der Waals surface area (Å²) in [6.07, 6.45) is 7.36. The van der Waals surface area contributed by atoms with E-state index >= 15 is 0 Å². The minimum absolute atomic E-state index is 0.0585. The van der Waals surface area contributed by atoms with E-state index in [-0.39, 0.29) is 16.9 Å². The molecule has 0 spiro atoms. The van der Waals surface area contributed by atoms with Crippen LogP contribution in [0, 0.1) is 16.7 Å².